The van der Waals surface area contributed by atoms with Crippen LogP contribution in [0.3, 0.4) is 0 Å². The number of hydrogen-bond donors (Lipinski definition) is 0. The Morgan fingerprint density at radius 2 is 1.65 bits per heavy atom. The molecule has 0 rings (SSSR count). The molecular weight excluding hydrogens is 236 g/mol. The second-order valence-electron chi connectivity index (χ2n) is 4.62. The molecule has 0 aliphatic heterocycles. The molecule has 0 amide bonds. The Kier molecular flexibility index (Phi) is 12.1. The minimum absolute atomic E-state index is 0.115. The van der Waals surface area contributed by atoms with Gasteiger partial charge in [-0.15, -0.1) is 11.6 Å². The summed E-state index contributed by atoms with van der Waals surface area (Å²) >= 11 is 6.23. The molecule has 0 saturated heterocycles. The molecule has 1 unspecified atom stereocenters. The molecule has 0 spiro atoms. The first kappa shape index (κ1) is 16.8. The van der Waals surface area contributed by atoms with Gasteiger partial charge in [0.05, 0.1) is 7.11 Å². The highest BCUT2D eigenvalue weighted by molar-refractivity contribution is 6.20. The van der Waals surface area contributed by atoms with Crippen molar-refractivity contribution >= 4 is 17.6 Å². The molecule has 0 radical (unpaired) electrons. The predicted molar refractivity (Wildman–Crippen MR) is 73.5 cm³/mol. The minimum atomic E-state index is -0.115. The summed E-state index contributed by atoms with van der Waals surface area (Å²) in [5.74, 6) is -0.115. The van der Waals surface area contributed by atoms with E-state index in [1.54, 1.807) is 0 Å². The van der Waals surface area contributed by atoms with E-state index >= 15 is 0 Å². The third kappa shape index (κ3) is 12.0. The van der Waals surface area contributed by atoms with Crippen LogP contribution >= 0.6 is 11.6 Å². The lowest BCUT2D eigenvalue weighted by Gasteiger charge is -2.08. The topological polar surface area (TPSA) is 26.3 Å². The quantitative estimate of drug-likeness (QED) is 0.307. The number of esters is 1. The standard InChI is InChI=1S/C14H27ClO2/c1-3-4-5-6-7-10-13(15)11-8-9-12-14(16)17-2/h13H,3-12H2,1-2H3. The van der Waals surface area contributed by atoms with Crippen LogP contribution in [0.4, 0.5) is 0 Å². The highest BCUT2D eigenvalue weighted by Gasteiger charge is 2.05. The minimum Gasteiger partial charge on any atom is -0.469 e. The van der Waals surface area contributed by atoms with Crippen LogP contribution in [0.2, 0.25) is 0 Å². The van der Waals surface area contributed by atoms with Crippen molar-refractivity contribution in [2.24, 2.45) is 0 Å². The van der Waals surface area contributed by atoms with Crippen LogP contribution in [0.5, 0.6) is 0 Å². The number of hydrogen-bond acceptors (Lipinski definition) is 2. The normalized spacial score (nSPS) is 12.4. The van der Waals surface area contributed by atoms with Crippen molar-refractivity contribution in [1.82, 2.24) is 0 Å². The number of unbranched alkanes of at least 4 members (excludes halogenated alkanes) is 5. The summed E-state index contributed by atoms with van der Waals surface area (Å²) in [6.07, 6.45) is 11.1. The molecule has 0 N–H and O–H groups in total. The van der Waals surface area contributed by atoms with Gasteiger partial charge < -0.3 is 4.74 Å². The summed E-state index contributed by atoms with van der Waals surface area (Å²) in [6.45, 7) is 2.23. The van der Waals surface area contributed by atoms with Gasteiger partial charge in [0.1, 0.15) is 0 Å². The monoisotopic (exact) mass is 262 g/mol. The summed E-state index contributed by atoms with van der Waals surface area (Å²) < 4.78 is 4.59. The van der Waals surface area contributed by atoms with Crippen molar-refractivity contribution in [3.63, 3.8) is 0 Å². The first-order chi connectivity index (χ1) is 8.20. The summed E-state index contributed by atoms with van der Waals surface area (Å²) in [6, 6.07) is 0. The van der Waals surface area contributed by atoms with Gasteiger partial charge in [-0.25, -0.2) is 0 Å². The number of halogens is 1. The number of carbonyl (C=O) groups excluding carboxylic acids is 1. The third-order valence-corrected chi connectivity index (χ3v) is 3.43. The van der Waals surface area contributed by atoms with Gasteiger partial charge in [-0.2, -0.15) is 0 Å². The number of rotatable bonds is 11. The molecular formula is C14H27ClO2. The lowest BCUT2D eigenvalue weighted by Crippen LogP contribution is -2.02. The molecule has 1 atom stereocenters. The maximum Gasteiger partial charge on any atom is 0.305 e. The molecule has 102 valence electrons. The molecule has 2 nitrogen and oxygen atoms in total. The molecule has 0 saturated carbocycles. The van der Waals surface area contributed by atoms with Crippen LogP contribution in [0.25, 0.3) is 0 Å². The van der Waals surface area contributed by atoms with Crippen molar-refractivity contribution in [2.45, 2.75) is 76.5 Å². The van der Waals surface area contributed by atoms with Crippen LogP contribution in [0.15, 0.2) is 0 Å². The zero-order valence-electron chi connectivity index (χ0n) is 11.3. The molecule has 0 heterocycles. The summed E-state index contributed by atoms with van der Waals surface area (Å²) in [5, 5.41) is 0.286. The average Bonchev–Trinajstić information content (AvgIpc) is 2.34. The van der Waals surface area contributed by atoms with Crippen molar-refractivity contribution in [3.8, 4) is 0 Å². The van der Waals surface area contributed by atoms with E-state index in [0.717, 1.165) is 25.7 Å². The molecule has 0 aromatic carbocycles. The van der Waals surface area contributed by atoms with Gasteiger partial charge in [-0.3, -0.25) is 4.79 Å². The third-order valence-electron chi connectivity index (χ3n) is 3.00. The second kappa shape index (κ2) is 12.2. The average molecular weight is 263 g/mol. The van der Waals surface area contributed by atoms with Crippen molar-refractivity contribution in [3.05, 3.63) is 0 Å². The fourth-order valence-electron chi connectivity index (χ4n) is 1.85. The van der Waals surface area contributed by atoms with Crippen molar-refractivity contribution < 1.29 is 9.53 Å². The Bertz CT molecular complexity index is 183. The van der Waals surface area contributed by atoms with E-state index in [1.165, 1.54) is 39.2 Å². The number of ether oxygens (including phenoxy) is 1. The van der Waals surface area contributed by atoms with Gasteiger partial charge >= 0.3 is 5.97 Å². The number of carbonyl (C=O) groups is 1. The van der Waals surface area contributed by atoms with Crippen molar-refractivity contribution in [2.75, 3.05) is 7.11 Å². The Morgan fingerprint density at radius 3 is 2.24 bits per heavy atom. The maximum atomic E-state index is 10.9. The van der Waals surface area contributed by atoms with E-state index in [1.807, 2.05) is 0 Å². The van der Waals surface area contributed by atoms with Gasteiger partial charge in [0, 0.05) is 11.8 Å². The highest BCUT2D eigenvalue weighted by Crippen LogP contribution is 2.16. The van der Waals surface area contributed by atoms with Gasteiger partial charge in [0.2, 0.25) is 0 Å². The van der Waals surface area contributed by atoms with Gasteiger partial charge in [0.15, 0.2) is 0 Å². The fraction of sp³-hybridized carbons (Fsp3) is 0.929. The van der Waals surface area contributed by atoms with Crippen LogP contribution < -0.4 is 0 Å². The molecule has 0 aromatic rings. The summed E-state index contributed by atoms with van der Waals surface area (Å²) in [7, 11) is 1.43. The first-order valence-electron chi connectivity index (χ1n) is 6.91. The van der Waals surface area contributed by atoms with E-state index in [-0.39, 0.29) is 11.3 Å². The van der Waals surface area contributed by atoms with Crippen LogP contribution in [0.1, 0.15) is 71.1 Å². The largest absolute Gasteiger partial charge is 0.469 e. The summed E-state index contributed by atoms with van der Waals surface area (Å²) in [4.78, 5) is 10.9. The molecule has 0 aliphatic rings. The predicted octanol–water partition coefficient (Wildman–Crippen LogP) is 4.69. The van der Waals surface area contributed by atoms with Crippen LogP contribution in [0, 0.1) is 0 Å². The fourth-order valence-corrected chi connectivity index (χ4v) is 2.16. The smallest absolute Gasteiger partial charge is 0.305 e. The molecule has 17 heavy (non-hydrogen) atoms. The van der Waals surface area contributed by atoms with Crippen LogP contribution in [-0.4, -0.2) is 18.5 Å². The van der Waals surface area contributed by atoms with Gasteiger partial charge in [0.25, 0.3) is 0 Å². The SMILES string of the molecule is CCCCCCCC(Cl)CCCCC(=O)OC. The van der Waals surface area contributed by atoms with Crippen molar-refractivity contribution in [1.29, 1.82) is 0 Å². The molecule has 0 bridgehead atoms. The Hall–Kier alpha value is -0.240. The zero-order chi connectivity index (χ0) is 12.9. The Balaban J connectivity index is 3.23. The van der Waals surface area contributed by atoms with E-state index in [9.17, 15) is 4.79 Å². The lowest BCUT2D eigenvalue weighted by atomic mass is 10.1. The molecule has 3 heteroatoms. The van der Waals surface area contributed by atoms with Gasteiger partial charge in [-0.05, 0) is 19.3 Å². The molecule has 0 aromatic heterocycles. The van der Waals surface area contributed by atoms with E-state index < -0.39 is 0 Å². The van der Waals surface area contributed by atoms with Gasteiger partial charge in [-0.1, -0.05) is 45.4 Å². The number of methoxy groups -OCH3 is 1. The molecule has 0 fully saturated rings. The van der Waals surface area contributed by atoms with E-state index in [2.05, 4.69) is 11.7 Å². The van der Waals surface area contributed by atoms with E-state index in [4.69, 9.17) is 11.6 Å². The molecule has 0 aliphatic carbocycles. The zero-order valence-corrected chi connectivity index (χ0v) is 12.1. The second-order valence-corrected chi connectivity index (χ2v) is 5.24. The number of alkyl halides is 1. The summed E-state index contributed by atoms with van der Waals surface area (Å²) in [5.41, 5.74) is 0. The maximum absolute atomic E-state index is 10.9. The van der Waals surface area contributed by atoms with Crippen LogP contribution in [-0.2, 0) is 9.53 Å². The first-order valence-corrected chi connectivity index (χ1v) is 7.35. The Labute approximate surface area is 111 Å². The van der Waals surface area contributed by atoms with E-state index in [0.29, 0.717) is 6.42 Å². The highest BCUT2D eigenvalue weighted by atomic mass is 35.5. The Morgan fingerprint density at radius 1 is 1.06 bits per heavy atom. The lowest BCUT2D eigenvalue weighted by molar-refractivity contribution is -0.140.